The normalized spacial score (nSPS) is 14.1. The summed E-state index contributed by atoms with van der Waals surface area (Å²) in [5, 5.41) is 0. The average Bonchev–Trinajstić information content (AvgIpc) is 1.97. The topological polar surface area (TPSA) is 26.3 Å². The first-order chi connectivity index (χ1) is 6.79. The minimum absolute atomic E-state index is 1.20. The van der Waals surface area contributed by atoms with Crippen LogP contribution < -0.4 is 0 Å². The smallest absolute Gasteiger partial charge is 0.457 e. The monoisotopic (exact) mass is 251 g/mol. The van der Waals surface area contributed by atoms with Crippen molar-refractivity contribution in [2.45, 2.75) is 38.5 Å². The highest BCUT2D eigenvalue weighted by Gasteiger charge is 2.67. The van der Waals surface area contributed by atoms with Crippen LogP contribution in [0.3, 0.4) is 0 Å². The number of esters is 1. The lowest BCUT2D eigenvalue weighted by Gasteiger charge is -2.24. The van der Waals surface area contributed by atoms with Gasteiger partial charge in [-0.25, -0.2) is 9.18 Å². The van der Waals surface area contributed by atoms with Gasteiger partial charge in [-0.05, 0) is 20.8 Å². The summed E-state index contributed by atoms with van der Waals surface area (Å²) in [4.78, 5) is 10.6. The van der Waals surface area contributed by atoms with Gasteiger partial charge < -0.3 is 4.74 Å². The van der Waals surface area contributed by atoms with Crippen LogP contribution >= 0.6 is 0 Å². The minimum atomic E-state index is -6.17. The molecule has 0 unspecified atom stereocenters. The molecule has 0 atom stereocenters. The summed E-state index contributed by atoms with van der Waals surface area (Å²) in [5.41, 5.74) is -1.36. The molecule has 0 spiro atoms. The van der Waals surface area contributed by atoms with E-state index in [1.54, 1.807) is 0 Å². The molecule has 2 nitrogen and oxygen atoms in total. The third kappa shape index (κ3) is 3.57. The van der Waals surface area contributed by atoms with Gasteiger partial charge in [0.1, 0.15) is 5.60 Å². The van der Waals surface area contributed by atoms with Crippen LogP contribution in [0.25, 0.3) is 0 Å². The maximum Gasteiger partial charge on any atom is 0.457 e. The Morgan fingerprint density at radius 3 is 1.62 bits per heavy atom. The number of alkyl halides is 5. The maximum atomic E-state index is 12.6. The first kappa shape index (κ1) is 15.0. The van der Waals surface area contributed by atoms with Gasteiger partial charge in [-0.3, -0.25) is 0 Å². The lowest BCUT2D eigenvalue weighted by atomic mass is 10.1. The molecule has 0 aromatic heterocycles. The molecular weight excluding hydrogens is 242 g/mol. The van der Waals surface area contributed by atoms with Crippen molar-refractivity contribution in [2.75, 3.05) is 0 Å². The summed E-state index contributed by atoms with van der Waals surface area (Å²) in [6, 6.07) is 0. The van der Waals surface area contributed by atoms with Crippen molar-refractivity contribution in [3.8, 4) is 0 Å². The summed E-state index contributed by atoms with van der Waals surface area (Å²) in [5.74, 6) is -8.16. The molecule has 0 rings (SSSR count). The van der Waals surface area contributed by atoms with E-state index < -0.39 is 29.8 Å². The van der Waals surface area contributed by atoms with Crippen LogP contribution in [0.5, 0.6) is 0 Å². The lowest BCUT2D eigenvalue weighted by Crippen LogP contribution is -2.45. The van der Waals surface area contributed by atoms with Gasteiger partial charge in [-0.1, -0.05) is 0 Å². The molecule has 0 aromatic carbocycles. The molecule has 0 saturated carbocycles. The van der Waals surface area contributed by atoms with Crippen LogP contribution in [0.1, 0.15) is 20.8 Å². The number of hydrogen-bond donors (Lipinski definition) is 0. The van der Waals surface area contributed by atoms with E-state index in [1.165, 1.54) is 20.8 Å². The van der Waals surface area contributed by atoms with Crippen LogP contribution in [0, 0.1) is 6.17 Å². The van der Waals surface area contributed by atoms with E-state index in [-0.39, 0.29) is 0 Å². The Bertz CT molecular complexity index is 265. The molecular formula is C8H9F6O2. The molecule has 1 radical (unpaired) electrons. The van der Waals surface area contributed by atoms with Crippen LogP contribution in [-0.2, 0) is 9.53 Å². The average molecular weight is 251 g/mol. The standard InChI is InChI=1S/C8H9F6O2/c1-6(2,3)16-5(15)4(9)7(10,11)8(12,13)14/h1-3H3. The van der Waals surface area contributed by atoms with Crippen molar-refractivity contribution >= 4 is 5.97 Å². The summed E-state index contributed by atoms with van der Waals surface area (Å²) < 4.78 is 76.2. The Balaban J connectivity index is 4.81. The first-order valence-electron chi connectivity index (χ1n) is 4.00. The zero-order valence-electron chi connectivity index (χ0n) is 8.58. The van der Waals surface area contributed by atoms with Crippen LogP contribution in [0.15, 0.2) is 0 Å². The van der Waals surface area contributed by atoms with E-state index in [0.717, 1.165) is 0 Å². The number of ether oxygens (including phenoxy) is 1. The van der Waals surface area contributed by atoms with Gasteiger partial charge in [0.05, 0.1) is 0 Å². The molecule has 0 aliphatic heterocycles. The van der Waals surface area contributed by atoms with E-state index in [0.29, 0.717) is 0 Å². The fourth-order valence-corrected chi connectivity index (χ4v) is 0.576. The molecule has 0 aliphatic rings. The Morgan fingerprint density at radius 1 is 1.00 bits per heavy atom. The highest BCUT2D eigenvalue weighted by atomic mass is 19.4. The second-order valence-corrected chi connectivity index (χ2v) is 3.89. The molecule has 0 N–H and O–H groups in total. The van der Waals surface area contributed by atoms with Crippen molar-refractivity contribution in [2.24, 2.45) is 0 Å². The van der Waals surface area contributed by atoms with Crippen LogP contribution in [0.4, 0.5) is 26.3 Å². The SMILES string of the molecule is CC(C)(C)OC(=O)[C](F)C(F)(F)C(F)(F)F. The Morgan fingerprint density at radius 2 is 1.38 bits per heavy atom. The summed E-state index contributed by atoms with van der Waals surface area (Å²) >= 11 is 0. The molecule has 0 aromatic rings. The first-order valence-corrected chi connectivity index (χ1v) is 4.00. The van der Waals surface area contributed by atoms with E-state index >= 15 is 0 Å². The van der Waals surface area contributed by atoms with E-state index in [1.807, 2.05) is 0 Å². The molecule has 0 saturated heterocycles. The predicted molar refractivity (Wildman–Crippen MR) is 41.2 cm³/mol. The molecule has 8 heteroatoms. The summed E-state index contributed by atoms with van der Waals surface area (Å²) in [6.45, 7) is 3.59. The molecule has 95 valence electrons. The Hall–Kier alpha value is -0.950. The van der Waals surface area contributed by atoms with Crippen LogP contribution in [0.2, 0.25) is 0 Å². The van der Waals surface area contributed by atoms with E-state index in [9.17, 15) is 31.1 Å². The quantitative estimate of drug-likeness (QED) is 0.557. The molecule has 16 heavy (non-hydrogen) atoms. The van der Waals surface area contributed by atoms with Gasteiger partial charge >= 0.3 is 24.2 Å². The van der Waals surface area contributed by atoms with Gasteiger partial charge in [-0.2, -0.15) is 22.0 Å². The third-order valence-electron chi connectivity index (χ3n) is 1.21. The number of carbonyl (C=O) groups excluding carboxylic acids is 1. The largest absolute Gasteiger partial charge is 0.457 e. The van der Waals surface area contributed by atoms with Gasteiger partial charge in [0.15, 0.2) is 0 Å². The third-order valence-corrected chi connectivity index (χ3v) is 1.21. The highest BCUT2D eigenvalue weighted by Crippen LogP contribution is 2.43. The van der Waals surface area contributed by atoms with Crippen molar-refractivity contribution in [1.82, 2.24) is 0 Å². The van der Waals surface area contributed by atoms with Gasteiger partial charge in [0.2, 0.25) is 0 Å². The van der Waals surface area contributed by atoms with Crippen molar-refractivity contribution in [1.29, 1.82) is 0 Å². The molecule has 0 heterocycles. The molecule has 0 aliphatic carbocycles. The fourth-order valence-electron chi connectivity index (χ4n) is 0.576. The zero-order valence-corrected chi connectivity index (χ0v) is 8.58. The number of halogens is 6. The molecule has 0 fully saturated rings. The van der Waals surface area contributed by atoms with Crippen molar-refractivity contribution in [3.05, 3.63) is 6.17 Å². The Labute approximate surface area is 87.6 Å². The second kappa shape index (κ2) is 4.14. The predicted octanol–water partition coefficient (Wildman–Crippen LogP) is 3.03. The number of rotatable bonds is 2. The Kier molecular flexibility index (Phi) is 3.89. The van der Waals surface area contributed by atoms with E-state index in [4.69, 9.17) is 0 Å². The van der Waals surface area contributed by atoms with Crippen LogP contribution in [-0.4, -0.2) is 23.7 Å². The van der Waals surface area contributed by atoms with Crippen molar-refractivity contribution < 1.29 is 35.9 Å². The number of carbonyl (C=O) groups is 1. The molecule has 0 amide bonds. The summed E-state index contributed by atoms with van der Waals surface area (Å²) in [7, 11) is 0. The van der Waals surface area contributed by atoms with Crippen molar-refractivity contribution in [3.63, 3.8) is 0 Å². The zero-order chi connectivity index (χ0) is 13.4. The number of hydrogen-bond acceptors (Lipinski definition) is 2. The van der Waals surface area contributed by atoms with Gasteiger partial charge in [-0.15, -0.1) is 0 Å². The van der Waals surface area contributed by atoms with E-state index in [2.05, 4.69) is 4.74 Å². The molecule has 0 bridgehead atoms. The highest BCUT2D eigenvalue weighted by molar-refractivity contribution is 5.84. The van der Waals surface area contributed by atoms with Gasteiger partial charge in [0, 0.05) is 0 Å². The van der Waals surface area contributed by atoms with Gasteiger partial charge in [0.25, 0.3) is 0 Å². The lowest BCUT2D eigenvalue weighted by molar-refractivity contribution is -0.284. The minimum Gasteiger partial charge on any atom is -0.457 e. The fraction of sp³-hybridized carbons (Fsp3) is 0.750. The maximum absolute atomic E-state index is 12.6. The second-order valence-electron chi connectivity index (χ2n) is 3.89. The summed E-state index contributed by atoms with van der Waals surface area (Å²) in [6.07, 6.45) is -9.34.